The van der Waals surface area contributed by atoms with Crippen molar-refractivity contribution in [2.45, 2.75) is 38.2 Å². The average molecular weight is 646 g/mol. The third-order valence-corrected chi connectivity index (χ3v) is 10.3. The lowest BCUT2D eigenvalue weighted by atomic mass is 9.58. The number of carbonyl (C=O) groups is 2. The van der Waals surface area contributed by atoms with Crippen LogP contribution in [-0.4, -0.2) is 46.7 Å². The summed E-state index contributed by atoms with van der Waals surface area (Å²) >= 11 is 1.53. The summed E-state index contributed by atoms with van der Waals surface area (Å²) in [6.45, 7) is 0.537. The Morgan fingerprint density at radius 2 is 1.74 bits per heavy atom. The van der Waals surface area contributed by atoms with E-state index in [0.717, 1.165) is 38.5 Å². The van der Waals surface area contributed by atoms with Crippen molar-refractivity contribution < 1.29 is 29.1 Å². The highest BCUT2D eigenvalue weighted by Gasteiger charge is 2.57. The van der Waals surface area contributed by atoms with Gasteiger partial charge in [0.25, 0.3) is 0 Å². The van der Waals surface area contributed by atoms with Crippen LogP contribution in [0.15, 0.2) is 114 Å². The highest BCUT2D eigenvalue weighted by molar-refractivity contribution is 7.09. The number of hydrogen-bond donors (Lipinski definition) is 2. The smallest absolute Gasteiger partial charge is 0.455 e. The summed E-state index contributed by atoms with van der Waals surface area (Å²) in [5, 5.41) is 23.1. The van der Waals surface area contributed by atoms with Crippen LogP contribution in [0.4, 0.5) is 0 Å². The van der Waals surface area contributed by atoms with Crippen LogP contribution < -0.4 is 4.74 Å². The Hall–Kier alpha value is -4.44. The molecule has 0 bridgehead atoms. The molecule has 7 rings (SSSR count). The highest BCUT2D eigenvalue weighted by atomic mass is 32.1. The van der Waals surface area contributed by atoms with Crippen molar-refractivity contribution in [1.29, 1.82) is 0 Å². The number of ether oxygens (including phenoxy) is 1. The summed E-state index contributed by atoms with van der Waals surface area (Å²) in [4.78, 5) is 30.2. The summed E-state index contributed by atoms with van der Waals surface area (Å²) < 4.78 is 12.5. The van der Waals surface area contributed by atoms with Crippen LogP contribution in [0.1, 0.15) is 35.3 Å². The third-order valence-electron chi connectivity index (χ3n) is 9.48. The molecule has 2 saturated heterocycles. The molecule has 47 heavy (non-hydrogen) atoms. The van der Waals surface area contributed by atoms with Gasteiger partial charge in [0.15, 0.2) is 0 Å². The number of aromatic hydroxyl groups is 1. The van der Waals surface area contributed by atoms with E-state index >= 15 is 0 Å². The molecule has 238 valence electrons. The number of hydrogen-bond acceptors (Lipinski definition) is 7. The van der Waals surface area contributed by atoms with Crippen LogP contribution in [0.2, 0.25) is 6.32 Å². The van der Waals surface area contributed by atoms with E-state index in [1.165, 1.54) is 16.2 Å². The topological polar surface area (TPSA) is 96.3 Å². The molecule has 1 aromatic heterocycles. The Kier molecular flexibility index (Phi) is 9.11. The lowest BCUT2D eigenvalue weighted by Crippen LogP contribution is -2.46. The number of allylic oxidation sites excluding steroid dienone is 1. The number of para-hydroxylation sites is 1. The number of fused-ring (bicyclic) bond motifs is 3. The van der Waals surface area contributed by atoms with Gasteiger partial charge in [-0.05, 0) is 95.1 Å². The molecule has 2 N–H and O–H groups in total. The summed E-state index contributed by atoms with van der Waals surface area (Å²) in [6, 6.07) is 30.7. The van der Waals surface area contributed by atoms with Gasteiger partial charge in [-0.15, -0.1) is 11.3 Å². The molecule has 3 aliphatic rings. The third kappa shape index (κ3) is 6.70. The van der Waals surface area contributed by atoms with Crippen molar-refractivity contribution in [2.24, 2.45) is 17.8 Å². The van der Waals surface area contributed by atoms with E-state index in [1.807, 2.05) is 78.2 Å². The number of rotatable bonds is 10. The first kappa shape index (κ1) is 31.2. The maximum Gasteiger partial charge on any atom is 0.455 e. The number of nitrogens with zero attached hydrogens (tertiary/aromatic N) is 1. The van der Waals surface area contributed by atoms with Crippen LogP contribution in [0, 0.1) is 17.8 Å². The fourth-order valence-electron chi connectivity index (χ4n) is 7.42. The van der Waals surface area contributed by atoms with Gasteiger partial charge in [0, 0.05) is 4.88 Å². The minimum atomic E-state index is -1.06. The minimum absolute atomic E-state index is 0.150. The van der Waals surface area contributed by atoms with Gasteiger partial charge in [0.2, 0.25) is 11.8 Å². The molecule has 3 heterocycles. The van der Waals surface area contributed by atoms with E-state index in [1.54, 1.807) is 12.1 Å². The second-order valence-corrected chi connectivity index (χ2v) is 13.5. The molecule has 2 amide bonds. The summed E-state index contributed by atoms with van der Waals surface area (Å²) in [5.41, 5.74) is 4.94. The number of thiophene rings is 1. The number of likely N-dealkylation sites (tertiary alicyclic amines) is 1. The molecule has 4 atom stereocenters. The van der Waals surface area contributed by atoms with Gasteiger partial charge in [-0.1, -0.05) is 72.8 Å². The van der Waals surface area contributed by atoms with Crippen molar-refractivity contribution in [2.75, 3.05) is 6.61 Å². The molecule has 0 saturated carbocycles. The first-order chi connectivity index (χ1) is 22.9. The Morgan fingerprint density at radius 1 is 0.957 bits per heavy atom. The number of carbonyl (C=O) groups excluding carboxylic acids is 2. The van der Waals surface area contributed by atoms with E-state index in [9.17, 15) is 19.7 Å². The summed E-state index contributed by atoms with van der Waals surface area (Å²) in [5.74, 6) is -0.778. The first-order valence-electron chi connectivity index (χ1n) is 16.1. The van der Waals surface area contributed by atoms with Gasteiger partial charge >= 0.3 is 7.12 Å². The Labute approximate surface area is 278 Å². The summed E-state index contributed by atoms with van der Waals surface area (Å²) in [7, 11) is -1.06. The molecule has 0 unspecified atom stereocenters. The molecule has 9 heteroatoms. The maximum absolute atomic E-state index is 14.0. The zero-order valence-electron chi connectivity index (χ0n) is 25.9. The van der Waals surface area contributed by atoms with E-state index in [-0.39, 0.29) is 43.0 Å². The fraction of sp³-hybridized carbons (Fsp3) is 0.263. The Bertz CT molecular complexity index is 1790. The largest absolute Gasteiger partial charge is 0.508 e. The predicted octanol–water partition coefficient (Wildman–Crippen LogP) is 6.85. The van der Waals surface area contributed by atoms with E-state index < -0.39 is 25.1 Å². The standard InChI is InChI=1S/C38H36BNO6S/c41-29-12-7-9-25(20-29)19-27(26-10-3-1-4-11-26)16-17-34-35-28(24-45-30-13-5-2-6-14-30)21-32-36(33(35)22-39(44)46-34)38(43)40(37(32)42)23-31-15-8-18-47-31/h1-15,18-20,32-34,36,41,44H,16-17,21-24H2/b27-19-/t32-,33+,34-,36-/m1/s1. The van der Waals surface area contributed by atoms with Crippen molar-refractivity contribution in [3.8, 4) is 11.5 Å². The number of phenolic OH excluding ortho intramolecular Hbond substituents is 1. The highest BCUT2D eigenvalue weighted by Crippen LogP contribution is 2.51. The Balaban J connectivity index is 1.22. The van der Waals surface area contributed by atoms with Crippen LogP contribution >= 0.6 is 11.3 Å². The fourth-order valence-corrected chi connectivity index (χ4v) is 8.11. The molecule has 1 aliphatic carbocycles. The van der Waals surface area contributed by atoms with Gasteiger partial charge in [-0.3, -0.25) is 14.5 Å². The number of phenols is 1. The molecular formula is C38H36BNO6S. The van der Waals surface area contributed by atoms with Gasteiger partial charge in [-0.2, -0.15) is 0 Å². The van der Waals surface area contributed by atoms with Crippen LogP contribution in [0.5, 0.6) is 11.5 Å². The van der Waals surface area contributed by atoms with Gasteiger partial charge < -0.3 is 19.5 Å². The molecule has 0 radical (unpaired) electrons. The maximum atomic E-state index is 14.0. The van der Waals surface area contributed by atoms with Crippen molar-refractivity contribution in [1.82, 2.24) is 4.90 Å². The van der Waals surface area contributed by atoms with E-state index in [0.29, 0.717) is 19.3 Å². The first-order valence-corrected chi connectivity index (χ1v) is 17.0. The van der Waals surface area contributed by atoms with Crippen molar-refractivity contribution in [3.05, 3.63) is 130 Å². The minimum Gasteiger partial charge on any atom is -0.508 e. The molecule has 4 aromatic rings. The lowest BCUT2D eigenvalue weighted by molar-refractivity contribution is -0.140. The van der Waals surface area contributed by atoms with Crippen LogP contribution in [0.25, 0.3) is 11.6 Å². The van der Waals surface area contributed by atoms with Crippen molar-refractivity contribution in [3.63, 3.8) is 0 Å². The monoisotopic (exact) mass is 645 g/mol. The molecule has 0 spiro atoms. The summed E-state index contributed by atoms with van der Waals surface area (Å²) in [6.07, 6.45) is 3.43. The average Bonchev–Trinajstić information content (AvgIpc) is 3.69. The Morgan fingerprint density at radius 3 is 2.49 bits per heavy atom. The number of benzene rings is 3. The predicted molar refractivity (Wildman–Crippen MR) is 183 cm³/mol. The van der Waals surface area contributed by atoms with E-state index in [2.05, 4.69) is 18.2 Å². The lowest BCUT2D eigenvalue weighted by Gasteiger charge is -2.43. The molecule has 3 aromatic carbocycles. The zero-order chi connectivity index (χ0) is 32.3. The van der Waals surface area contributed by atoms with Gasteiger partial charge in [0.1, 0.15) is 18.1 Å². The molecule has 7 nitrogen and oxygen atoms in total. The molecular weight excluding hydrogens is 609 g/mol. The SMILES string of the molecule is O=C1[C@@H]2[C@@H](CC(COc3ccccc3)=C3[C@@H](CC/C(=C/c4cccc(O)c4)c4ccccc4)OB(O)C[C@@H]32)C(=O)N1Cc1cccs1. The second kappa shape index (κ2) is 13.7. The molecule has 2 fully saturated rings. The molecule has 2 aliphatic heterocycles. The van der Waals surface area contributed by atoms with Crippen LogP contribution in [0.3, 0.4) is 0 Å². The second-order valence-electron chi connectivity index (χ2n) is 12.4. The van der Waals surface area contributed by atoms with E-state index in [4.69, 9.17) is 9.39 Å². The van der Waals surface area contributed by atoms with Gasteiger partial charge in [-0.25, -0.2) is 0 Å². The zero-order valence-corrected chi connectivity index (χ0v) is 26.7. The quantitative estimate of drug-likeness (QED) is 0.0848. The van der Waals surface area contributed by atoms with Crippen molar-refractivity contribution >= 4 is 41.9 Å². The normalized spacial score (nSPS) is 22.8. The number of amides is 2. The number of imide groups is 1. The van der Waals surface area contributed by atoms with Gasteiger partial charge in [0.05, 0.1) is 24.5 Å². The van der Waals surface area contributed by atoms with Crippen LogP contribution in [-0.2, 0) is 20.8 Å².